The number of nitrogens with two attached hydrogens (primary N) is 1. The molecule has 0 saturated carbocycles. The number of benzene rings is 3. The Morgan fingerprint density at radius 3 is 2.00 bits per heavy atom. The number of ether oxygens (including phenoxy) is 2. The third-order valence-corrected chi connectivity index (χ3v) is 6.63. The second-order valence-corrected chi connectivity index (χ2v) is 10.3. The first-order valence-electron chi connectivity index (χ1n) is 13.0. The van der Waals surface area contributed by atoms with E-state index in [1.165, 1.54) is 5.51 Å². The second-order valence-electron chi connectivity index (χ2n) is 9.45. The minimum Gasteiger partial charge on any atom is -0.489 e. The van der Waals surface area contributed by atoms with Crippen LogP contribution in [0, 0.1) is 5.92 Å². The summed E-state index contributed by atoms with van der Waals surface area (Å²) in [6.07, 6.45) is -0.955. The fourth-order valence-corrected chi connectivity index (χ4v) is 4.35. The third-order valence-electron chi connectivity index (χ3n) is 5.96. The van der Waals surface area contributed by atoms with Crippen LogP contribution in [-0.4, -0.2) is 39.2 Å². The number of anilines is 1. The first-order chi connectivity index (χ1) is 19.8. The number of hydrazine groups is 1. The summed E-state index contributed by atoms with van der Waals surface area (Å²) in [5.41, 5.74) is 10.2. The summed E-state index contributed by atoms with van der Waals surface area (Å²) >= 11 is 1.00. The molecule has 0 saturated heterocycles. The van der Waals surface area contributed by atoms with Crippen molar-refractivity contribution in [1.29, 1.82) is 0 Å². The highest BCUT2D eigenvalue weighted by atomic mass is 32.1. The van der Waals surface area contributed by atoms with Gasteiger partial charge in [0.2, 0.25) is 5.13 Å². The van der Waals surface area contributed by atoms with Crippen molar-refractivity contribution in [3.05, 3.63) is 107 Å². The summed E-state index contributed by atoms with van der Waals surface area (Å²) in [4.78, 5) is 40.4. The number of hydrogen-bond acceptors (Lipinski definition) is 9. The van der Waals surface area contributed by atoms with E-state index in [0.29, 0.717) is 22.9 Å². The molecule has 212 valence electrons. The molecule has 1 heterocycles. The van der Waals surface area contributed by atoms with Crippen LogP contribution in [0.25, 0.3) is 0 Å². The van der Waals surface area contributed by atoms with E-state index in [4.69, 9.17) is 15.2 Å². The van der Waals surface area contributed by atoms with Gasteiger partial charge in [0.15, 0.2) is 0 Å². The van der Waals surface area contributed by atoms with Gasteiger partial charge in [-0.05, 0) is 35.2 Å². The number of rotatable bonds is 10. The van der Waals surface area contributed by atoms with Crippen LogP contribution < -0.4 is 15.5 Å². The van der Waals surface area contributed by atoms with Crippen LogP contribution in [-0.2, 0) is 34.0 Å². The monoisotopic (exact) mass is 573 g/mol. The molecule has 1 aromatic heterocycles. The number of imide groups is 1. The standard InChI is InChI=1S/C30H31N5O5S/c1-21(2)27(36)34(29-33-32-20-41-29)35(30(38)40-19-24-11-7-4-8-12-24)28(37)26(31)17-22-13-15-25(16-14-22)39-18-23-9-5-3-6-10-23/h3-16,20-21,26H,17-19,31H2,1-2H3/t26-/m0/s1. The van der Waals surface area contributed by atoms with Crippen molar-refractivity contribution >= 4 is 34.4 Å². The van der Waals surface area contributed by atoms with Crippen LogP contribution in [0.2, 0.25) is 0 Å². The molecule has 0 spiro atoms. The van der Waals surface area contributed by atoms with Gasteiger partial charge in [0, 0.05) is 5.92 Å². The van der Waals surface area contributed by atoms with Gasteiger partial charge in [0.1, 0.15) is 24.5 Å². The first-order valence-corrected chi connectivity index (χ1v) is 13.9. The molecular formula is C30H31N5O5S. The van der Waals surface area contributed by atoms with Gasteiger partial charge in [-0.25, -0.2) is 4.79 Å². The third kappa shape index (κ3) is 7.96. The van der Waals surface area contributed by atoms with E-state index in [-0.39, 0.29) is 18.2 Å². The number of aromatic nitrogens is 2. The van der Waals surface area contributed by atoms with Gasteiger partial charge in [0.05, 0.1) is 6.04 Å². The van der Waals surface area contributed by atoms with Gasteiger partial charge in [0.25, 0.3) is 11.8 Å². The molecule has 10 nitrogen and oxygen atoms in total. The molecule has 2 N–H and O–H groups in total. The average molecular weight is 574 g/mol. The molecule has 0 bridgehead atoms. The summed E-state index contributed by atoms with van der Waals surface area (Å²) < 4.78 is 11.3. The lowest BCUT2D eigenvalue weighted by Gasteiger charge is -2.32. The number of carbonyl (C=O) groups excluding carboxylic acids is 3. The van der Waals surface area contributed by atoms with Gasteiger partial charge in [-0.3, -0.25) is 9.59 Å². The smallest absolute Gasteiger partial charge is 0.437 e. The number of hydrogen-bond donors (Lipinski definition) is 1. The van der Waals surface area contributed by atoms with Gasteiger partial charge < -0.3 is 15.2 Å². The van der Waals surface area contributed by atoms with Crippen LogP contribution in [0.5, 0.6) is 5.75 Å². The molecule has 0 aliphatic heterocycles. The Labute approximate surface area is 242 Å². The Morgan fingerprint density at radius 1 is 0.829 bits per heavy atom. The molecule has 4 rings (SSSR count). The van der Waals surface area contributed by atoms with Crippen molar-refractivity contribution in [3.8, 4) is 5.75 Å². The fourth-order valence-electron chi connectivity index (χ4n) is 3.79. The zero-order chi connectivity index (χ0) is 29.2. The predicted molar refractivity (Wildman–Crippen MR) is 155 cm³/mol. The second kappa shape index (κ2) is 14.1. The van der Waals surface area contributed by atoms with Crippen LogP contribution in [0.15, 0.2) is 90.4 Å². The number of nitrogens with zero attached hydrogens (tertiary/aromatic N) is 4. The molecule has 1 atom stereocenters. The van der Waals surface area contributed by atoms with E-state index < -0.39 is 29.9 Å². The largest absolute Gasteiger partial charge is 0.489 e. The van der Waals surface area contributed by atoms with Gasteiger partial charge in [-0.1, -0.05) is 98.0 Å². The van der Waals surface area contributed by atoms with E-state index in [9.17, 15) is 14.4 Å². The lowest BCUT2D eigenvalue weighted by Crippen LogP contribution is -2.59. The van der Waals surface area contributed by atoms with Crippen molar-refractivity contribution in [2.45, 2.75) is 39.5 Å². The molecule has 0 aliphatic rings. The van der Waals surface area contributed by atoms with Crippen LogP contribution >= 0.6 is 11.3 Å². The van der Waals surface area contributed by atoms with Gasteiger partial charge in [-0.15, -0.1) is 15.2 Å². The van der Waals surface area contributed by atoms with Crippen molar-refractivity contribution in [3.63, 3.8) is 0 Å². The molecule has 0 aliphatic carbocycles. The average Bonchev–Trinajstić information content (AvgIpc) is 3.53. The Kier molecular flexibility index (Phi) is 10.1. The quantitative estimate of drug-likeness (QED) is 0.269. The molecular weight excluding hydrogens is 542 g/mol. The van der Waals surface area contributed by atoms with E-state index in [1.807, 2.05) is 36.4 Å². The van der Waals surface area contributed by atoms with Crippen molar-refractivity contribution in [2.24, 2.45) is 11.7 Å². The molecule has 3 aromatic carbocycles. The SMILES string of the molecule is CC(C)C(=O)N(c1nncs1)N(C(=O)OCc1ccccc1)C(=O)[C@@H](N)Cc1ccc(OCc2ccccc2)cc1. The number of carbonyl (C=O) groups is 3. The molecule has 0 fully saturated rings. The Hall–Kier alpha value is -4.61. The zero-order valence-corrected chi connectivity index (χ0v) is 23.6. The summed E-state index contributed by atoms with van der Waals surface area (Å²) in [6, 6.07) is 24.8. The predicted octanol–water partition coefficient (Wildman–Crippen LogP) is 4.76. The summed E-state index contributed by atoms with van der Waals surface area (Å²) in [5, 5.41) is 9.29. The molecule has 0 radical (unpaired) electrons. The highest BCUT2D eigenvalue weighted by Gasteiger charge is 2.39. The Bertz CT molecular complexity index is 1420. The maximum absolute atomic E-state index is 13.7. The van der Waals surface area contributed by atoms with E-state index in [1.54, 1.807) is 62.4 Å². The number of amides is 3. The summed E-state index contributed by atoms with van der Waals surface area (Å²) in [6.45, 7) is 3.61. The summed E-state index contributed by atoms with van der Waals surface area (Å²) in [7, 11) is 0. The molecule has 41 heavy (non-hydrogen) atoms. The van der Waals surface area contributed by atoms with E-state index in [0.717, 1.165) is 27.5 Å². The van der Waals surface area contributed by atoms with Crippen LogP contribution in [0.4, 0.5) is 9.93 Å². The van der Waals surface area contributed by atoms with Gasteiger partial charge >= 0.3 is 6.09 Å². The summed E-state index contributed by atoms with van der Waals surface area (Å²) in [5.74, 6) is -1.28. The van der Waals surface area contributed by atoms with Crippen LogP contribution in [0.3, 0.4) is 0 Å². The Morgan fingerprint density at radius 2 is 1.44 bits per heavy atom. The molecule has 4 aromatic rings. The first kappa shape index (κ1) is 29.4. The van der Waals surface area contributed by atoms with Gasteiger partial charge in [-0.2, -0.15) is 5.01 Å². The Balaban J connectivity index is 1.51. The highest BCUT2D eigenvalue weighted by Crippen LogP contribution is 2.23. The van der Waals surface area contributed by atoms with Crippen molar-refractivity contribution < 1.29 is 23.9 Å². The lowest BCUT2D eigenvalue weighted by molar-refractivity contribution is -0.137. The van der Waals surface area contributed by atoms with Crippen LogP contribution in [0.1, 0.15) is 30.5 Å². The van der Waals surface area contributed by atoms with Crippen molar-refractivity contribution in [1.82, 2.24) is 15.2 Å². The highest BCUT2D eigenvalue weighted by molar-refractivity contribution is 7.13. The maximum Gasteiger partial charge on any atom is 0.437 e. The van der Waals surface area contributed by atoms with E-state index in [2.05, 4.69) is 10.2 Å². The fraction of sp³-hybridized carbons (Fsp3) is 0.233. The molecule has 0 unspecified atom stereocenters. The topological polar surface area (TPSA) is 128 Å². The molecule has 11 heteroatoms. The maximum atomic E-state index is 13.7. The minimum atomic E-state index is -1.18. The normalized spacial score (nSPS) is 11.5. The van der Waals surface area contributed by atoms with E-state index >= 15 is 0 Å². The molecule has 3 amide bonds. The van der Waals surface area contributed by atoms with Crippen molar-refractivity contribution in [2.75, 3.05) is 5.01 Å². The minimum absolute atomic E-state index is 0.0424. The zero-order valence-electron chi connectivity index (χ0n) is 22.8. The lowest BCUT2D eigenvalue weighted by atomic mass is 10.1.